The lowest BCUT2D eigenvalue weighted by Gasteiger charge is -2.38. The van der Waals surface area contributed by atoms with E-state index >= 15 is 0 Å². The Hall–Kier alpha value is -2.86. The van der Waals surface area contributed by atoms with Crippen molar-refractivity contribution < 1.29 is 13.9 Å². The molecule has 3 aromatic rings. The molecule has 146 valence electrons. The summed E-state index contributed by atoms with van der Waals surface area (Å²) in [5, 5.41) is 6.91. The minimum Gasteiger partial charge on any atom is -0.497 e. The second kappa shape index (κ2) is 7.19. The normalized spacial score (nSPS) is 19.8. The Morgan fingerprint density at radius 1 is 1.07 bits per heavy atom. The molecule has 0 aromatic heterocycles. The van der Waals surface area contributed by atoms with Crippen LogP contribution in [0, 0.1) is 5.82 Å². The summed E-state index contributed by atoms with van der Waals surface area (Å²) in [4.78, 5) is 0. The summed E-state index contributed by atoms with van der Waals surface area (Å²) in [5.74, 6) is 1.37. The average molecular weight is 453 g/mol. The Morgan fingerprint density at radius 3 is 2.55 bits per heavy atom. The third-order valence-corrected chi connectivity index (χ3v) is 5.82. The molecule has 0 saturated carbocycles. The first-order valence-corrected chi connectivity index (χ1v) is 10.1. The summed E-state index contributed by atoms with van der Waals surface area (Å²) >= 11 is 3.56. The Balaban J connectivity index is 1.57. The first-order valence-electron chi connectivity index (χ1n) is 9.34. The molecule has 0 radical (unpaired) electrons. The highest BCUT2D eigenvalue weighted by molar-refractivity contribution is 9.10. The van der Waals surface area contributed by atoms with Crippen LogP contribution in [-0.4, -0.2) is 17.8 Å². The lowest BCUT2D eigenvalue weighted by molar-refractivity contribution is -0.0191. The molecule has 0 fully saturated rings. The number of benzene rings is 3. The van der Waals surface area contributed by atoms with Crippen molar-refractivity contribution in [1.29, 1.82) is 0 Å². The molecule has 0 spiro atoms. The number of hydrazone groups is 1. The Morgan fingerprint density at radius 2 is 1.83 bits per heavy atom. The topological polar surface area (TPSA) is 34.1 Å². The van der Waals surface area contributed by atoms with E-state index in [1.807, 2.05) is 41.4 Å². The monoisotopic (exact) mass is 452 g/mol. The molecule has 4 nitrogen and oxygen atoms in total. The maximum Gasteiger partial charge on any atom is 0.213 e. The molecule has 0 N–H and O–H groups in total. The van der Waals surface area contributed by atoms with Gasteiger partial charge in [-0.05, 0) is 60.2 Å². The molecule has 29 heavy (non-hydrogen) atoms. The standard InChI is InChI=1S/C23H18BrFN2O2/c1-28-18-9-4-14(5-10-18)20-13-21-19-12-16(24)6-11-22(19)29-23(27(21)26-20)15-2-7-17(25)8-3-15/h2-12,21,23H,13H2,1H3/t21-,23+/m1/s1. The van der Waals surface area contributed by atoms with Crippen molar-refractivity contribution in [3.8, 4) is 11.5 Å². The quantitative estimate of drug-likeness (QED) is 0.500. The van der Waals surface area contributed by atoms with Crippen LogP contribution >= 0.6 is 15.9 Å². The number of rotatable bonds is 3. The summed E-state index contributed by atoms with van der Waals surface area (Å²) < 4.78 is 26.0. The SMILES string of the molecule is COc1ccc(C2=NN3[C@H](C2)c2cc(Br)ccc2O[C@H]3c2ccc(F)cc2)cc1. The van der Waals surface area contributed by atoms with E-state index in [2.05, 4.69) is 22.0 Å². The van der Waals surface area contributed by atoms with Crippen LogP contribution in [0.25, 0.3) is 0 Å². The van der Waals surface area contributed by atoms with Crippen molar-refractivity contribution in [3.05, 3.63) is 93.7 Å². The molecule has 2 heterocycles. The van der Waals surface area contributed by atoms with Crippen LogP contribution in [0.2, 0.25) is 0 Å². The van der Waals surface area contributed by atoms with Crippen molar-refractivity contribution in [1.82, 2.24) is 5.01 Å². The Labute approximate surface area is 176 Å². The zero-order chi connectivity index (χ0) is 20.0. The van der Waals surface area contributed by atoms with Crippen molar-refractivity contribution in [2.45, 2.75) is 18.7 Å². The smallest absolute Gasteiger partial charge is 0.213 e. The van der Waals surface area contributed by atoms with E-state index in [0.29, 0.717) is 0 Å². The summed E-state index contributed by atoms with van der Waals surface area (Å²) in [6.45, 7) is 0. The van der Waals surface area contributed by atoms with Crippen LogP contribution in [0.3, 0.4) is 0 Å². The van der Waals surface area contributed by atoms with Gasteiger partial charge in [-0.2, -0.15) is 5.10 Å². The fraction of sp³-hybridized carbons (Fsp3) is 0.174. The van der Waals surface area contributed by atoms with Crippen LogP contribution in [0.1, 0.15) is 35.4 Å². The van der Waals surface area contributed by atoms with Gasteiger partial charge in [0.1, 0.15) is 17.3 Å². The summed E-state index contributed by atoms with van der Waals surface area (Å²) in [7, 11) is 1.65. The van der Waals surface area contributed by atoms with Gasteiger partial charge in [-0.15, -0.1) is 0 Å². The fourth-order valence-electron chi connectivity index (χ4n) is 3.86. The van der Waals surface area contributed by atoms with Gasteiger partial charge < -0.3 is 9.47 Å². The van der Waals surface area contributed by atoms with E-state index in [1.54, 1.807) is 19.2 Å². The molecule has 0 unspecified atom stereocenters. The maximum atomic E-state index is 13.5. The van der Waals surface area contributed by atoms with Crippen molar-refractivity contribution >= 4 is 21.6 Å². The Kier molecular flexibility index (Phi) is 4.51. The first kappa shape index (κ1) is 18.2. The molecule has 2 aliphatic heterocycles. The van der Waals surface area contributed by atoms with Crippen molar-refractivity contribution in [2.75, 3.05) is 7.11 Å². The predicted octanol–water partition coefficient (Wildman–Crippen LogP) is 5.84. The van der Waals surface area contributed by atoms with Gasteiger partial charge in [0.05, 0.1) is 18.9 Å². The molecule has 2 atom stereocenters. The van der Waals surface area contributed by atoms with E-state index in [9.17, 15) is 4.39 Å². The summed E-state index contributed by atoms with van der Waals surface area (Å²) in [6, 6.07) is 20.4. The molecular formula is C23H18BrFN2O2. The zero-order valence-corrected chi connectivity index (χ0v) is 17.3. The van der Waals surface area contributed by atoms with E-state index < -0.39 is 6.23 Å². The van der Waals surface area contributed by atoms with Gasteiger partial charge >= 0.3 is 0 Å². The van der Waals surface area contributed by atoms with Crippen LogP contribution in [-0.2, 0) is 0 Å². The summed E-state index contributed by atoms with van der Waals surface area (Å²) in [5.41, 5.74) is 3.99. The number of halogens is 2. The number of hydrogen-bond acceptors (Lipinski definition) is 4. The molecule has 0 aliphatic carbocycles. The predicted molar refractivity (Wildman–Crippen MR) is 113 cm³/mol. The molecule has 0 bridgehead atoms. The number of nitrogens with zero attached hydrogens (tertiary/aromatic N) is 2. The van der Waals surface area contributed by atoms with E-state index in [-0.39, 0.29) is 11.9 Å². The highest BCUT2D eigenvalue weighted by atomic mass is 79.9. The second-order valence-electron chi connectivity index (χ2n) is 7.08. The molecule has 5 rings (SSSR count). The summed E-state index contributed by atoms with van der Waals surface area (Å²) in [6.07, 6.45) is 0.349. The number of fused-ring (bicyclic) bond motifs is 3. The molecular weight excluding hydrogens is 435 g/mol. The van der Waals surface area contributed by atoms with Gasteiger partial charge in [0.2, 0.25) is 6.23 Å². The van der Waals surface area contributed by atoms with E-state index in [0.717, 1.165) is 44.8 Å². The second-order valence-corrected chi connectivity index (χ2v) is 7.99. The largest absolute Gasteiger partial charge is 0.497 e. The minimum absolute atomic E-state index is 0.0448. The van der Waals surface area contributed by atoms with E-state index in [4.69, 9.17) is 14.6 Å². The van der Waals surface area contributed by atoms with Gasteiger partial charge in [0, 0.05) is 22.0 Å². The van der Waals surface area contributed by atoms with Crippen LogP contribution in [0.15, 0.2) is 76.3 Å². The zero-order valence-electron chi connectivity index (χ0n) is 15.7. The van der Waals surface area contributed by atoms with Crippen LogP contribution in [0.4, 0.5) is 4.39 Å². The molecule has 3 aromatic carbocycles. The third-order valence-electron chi connectivity index (χ3n) is 5.33. The average Bonchev–Trinajstić information content (AvgIpc) is 3.20. The van der Waals surface area contributed by atoms with Gasteiger partial charge in [0.25, 0.3) is 0 Å². The van der Waals surface area contributed by atoms with Crippen molar-refractivity contribution in [3.63, 3.8) is 0 Å². The maximum absolute atomic E-state index is 13.5. The lowest BCUT2D eigenvalue weighted by atomic mass is 9.96. The van der Waals surface area contributed by atoms with Gasteiger partial charge in [-0.25, -0.2) is 9.40 Å². The highest BCUT2D eigenvalue weighted by Gasteiger charge is 2.41. The first-order chi connectivity index (χ1) is 14.1. The number of ether oxygens (including phenoxy) is 2. The molecule has 6 heteroatoms. The van der Waals surface area contributed by atoms with E-state index in [1.165, 1.54) is 12.1 Å². The third kappa shape index (κ3) is 3.27. The lowest BCUT2D eigenvalue weighted by Crippen LogP contribution is -2.33. The minimum atomic E-state index is -0.412. The van der Waals surface area contributed by atoms with Crippen LogP contribution in [0.5, 0.6) is 11.5 Å². The van der Waals surface area contributed by atoms with Crippen LogP contribution < -0.4 is 9.47 Å². The number of hydrogen-bond donors (Lipinski definition) is 0. The molecule has 0 amide bonds. The Bertz CT molecular complexity index is 1080. The molecule has 2 aliphatic rings. The van der Waals surface area contributed by atoms with Gasteiger partial charge in [-0.1, -0.05) is 28.1 Å². The van der Waals surface area contributed by atoms with Crippen molar-refractivity contribution in [2.24, 2.45) is 5.10 Å². The fourth-order valence-corrected chi connectivity index (χ4v) is 4.24. The molecule has 0 saturated heterocycles. The van der Waals surface area contributed by atoms with Gasteiger partial charge in [-0.3, -0.25) is 0 Å². The number of methoxy groups -OCH3 is 1. The van der Waals surface area contributed by atoms with Gasteiger partial charge in [0.15, 0.2) is 0 Å². The highest BCUT2D eigenvalue weighted by Crippen LogP contribution is 2.48.